The van der Waals surface area contributed by atoms with Gasteiger partial charge in [-0.2, -0.15) is 13.2 Å². The number of anilines is 1. The Hall–Kier alpha value is -1.23. The van der Waals surface area contributed by atoms with Crippen molar-refractivity contribution in [1.82, 2.24) is 0 Å². The molecule has 2 N–H and O–H groups in total. The van der Waals surface area contributed by atoms with Crippen LogP contribution in [0.15, 0.2) is 24.3 Å². The summed E-state index contributed by atoms with van der Waals surface area (Å²) in [5.74, 6) is 0. The van der Waals surface area contributed by atoms with E-state index in [1.807, 2.05) is 25.1 Å². The molecule has 0 aromatic heterocycles. The van der Waals surface area contributed by atoms with E-state index < -0.39 is 18.1 Å². The number of para-hydroxylation sites is 1. The molecule has 20 heavy (non-hydrogen) atoms. The predicted molar refractivity (Wildman–Crippen MR) is 74.9 cm³/mol. The first-order chi connectivity index (χ1) is 9.36. The fourth-order valence-electron chi connectivity index (χ4n) is 2.92. The third-order valence-corrected chi connectivity index (χ3v) is 4.15. The highest BCUT2D eigenvalue weighted by Gasteiger charge is 2.36. The lowest BCUT2D eigenvalue weighted by Crippen LogP contribution is -2.51. The van der Waals surface area contributed by atoms with Crippen LogP contribution in [-0.2, 0) is 6.42 Å². The standard InChI is InChI=1S/C15H21F3N2/c1-14(11-19,8-4-9-15(16,17)18)20-10-7-12-5-2-3-6-13(12)20/h2-3,5-6H,4,7-11,19H2,1H3. The Morgan fingerprint density at radius 3 is 2.55 bits per heavy atom. The van der Waals surface area contributed by atoms with E-state index in [0.717, 1.165) is 18.7 Å². The Morgan fingerprint density at radius 1 is 1.20 bits per heavy atom. The van der Waals surface area contributed by atoms with Crippen molar-refractivity contribution in [3.8, 4) is 0 Å². The average molecular weight is 286 g/mol. The van der Waals surface area contributed by atoms with E-state index in [0.29, 0.717) is 13.0 Å². The molecule has 1 aromatic rings. The molecule has 5 heteroatoms. The second-order valence-electron chi connectivity index (χ2n) is 5.70. The third kappa shape index (κ3) is 3.26. The molecule has 1 aliphatic heterocycles. The zero-order valence-electron chi connectivity index (χ0n) is 11.7. The van der Waals surface area contributed by atoms with Gasteiger partial charge in [0.15, 0.2) is 0 Å². The number of hydrogen-bond donors (Lipinski definition) is 1. The van der Waals surface area contributed by atoms with Crippen molar-refractivity contribution in [3.05, 3.63) is 29.8 Å². The summed E-state index contributed by atoms with van der Waals surface area (Å²) < 4.78 is 36.9. The number of hydrogen-bond acceptors (Lipinski definition) is 2. The molecule has 0 aliphatic carbocycles. The predicted octanol–water partition coefficient (Wildman–Crippen LogP) is 3.50. The van der Waals surface area contributed by atoms with Crippen molar-refractivity contribution in [1.29, 1.82) is 0 Å². The Labute approximate surface area is 117 Å². The lowest BCUT2D eigenvalue weighted by atomic mass is 9.92. The summed E-state index contributed by atoms with van der Waals surface area (Å²) in [5.41, 5.74) is 7.84. The van der Waals surface area contributed by atoms with E-state index in [2.05, 4.69) is 11.0 Å². The molecule has 0 saturated heterocycles. The summed E-state index contributed by atoms with van der Waals surface area (Å²) >= 11 is 0. The quantitative estimate of drug-likeness (QED) is 0.897. The van der Waals surface area contributed by atoms with Crippen molar-refractivity contribution in [3.63, 3.8) is 0 Å². The Kier molecular flexibility index (Phi) is 4.28. The molecular formula is C15H21F3N2. The van der Waals surface area contributed by atoms with Gasteiger partial charge in [0, 0.05) is 30.7 Å². The summed E-state index contributed by atoms with van der Waals surface area (Å²) in [6.45, 7) is 3.16. The van der Waals surface area contributed by atoms with Gasteiger partial charge in [0.1, 0.15) is 0 Å². The first kappa shape index (κ1) is 15.2. The summed E-state index contributed by atoms with van der Waals surface area (Å²) in [6, 6.07) is 8.05. The second-order valence-corrected chi connectivity index (χ2v) is 5.70. The maximum Gasteiger partial charge on any atom is 0.389 e. The van der Waals surface area contributed by atoms with E-state index in [-0.39, 0.29) is 6.42 Å². The highest BCUT2D eigenvalue weighted by atomic mass is 19.4. The van der Waals surface area contributed by atoms with Crippen LogP contribution in [0.3, 0.4) is 0 Å². The van der Waals surface area contributed by atoms with Gasteiger partial charge in [0.05, 0.1) is 0 Å². The number of benzene rings is 1. The third-order valence-electron chi connectivity index (χ3n) is 4.15. The number of rotatable bonds is 5. The number of nitrogens with two attached hydrogens (primary N) is 1. The zero-order valence-corrected chi connectivity index (χ0v) is 11.7. The summed E-state index contributed by atoms with van der Waals surface area (Å²) in [4.78, 5) is 2.18. The minimum Gasteiger partial charge on any atom is -0.364 e. The van der Waals surface area contributed by atoms with Crippen LogP contribution in [0.1, 0.15) is 31.7 Å². The number of fused-ring (bicyclic) bond motifs is 1. The van der Waals surface area contributed by atoms with Gasteiger partial charge in [0.25, 0.3) is 0 Å². The smallest absolute Gasteiger partial charge is 0.364 e. The summed E-state index contributed by atoms with van der Waals surface area (Å²) in [7, 11) is 0. The topological polar surface area (TPSA) is 29.3 Å². The molecule has 112 valence electrons. The van der Waals surface area contributed by atoms with Crippen molar-refractivity contribution in [2.75, 3.05) is 18.0 Å². The van der Waals surface area contributed by atoms with Gasteiger partial charge < -0.3 is 10.6 Å². The average Bonchev–Trinajstić information content (AvgIpc) is 2.81. The molecule has 0 amide bonds. The molecule has 1 unspecified atom stereocenters. The van der Waals surface area contributed by atoms with Crippen LogP contribution in [0.4, 0.5) is 18.9 Å². The van der Waals surface area contributed by atoms with Gasteiger partial charge >= 0.3 is 6.18 Å². The van der Waals surface area contributed by atoms with E-state index in [4.69, 9.17) is 5.73 Å². The van der Waals surface area contributed by atoms with Crippen molar-refractivity contribution < 1.29 is 13.2 Å². The normalized spacial score (nSPS) is 17.9. The van der Waals surface area contributed by atoms with E-state index in [9.17, 15) is 13.2 Å². The molecule has 1 atom stereocenters. The van der Waals surface area contributed by atoms with Gasteiger partial charge in [-0.15, -0.1) is 0 Å². The van der Waals surface area contributed by atoms with E-state index >= 15 is 0 Å². The van der Waals surface area contributed by atoms with Crippen LogP contribution in [0.5, 0.6) is 0 Å². The van der Waals surface area contributed by atoms with Gasteiger partial charge in [-0.1, -0.05) is 18.2 Å². The maximum absolute atomic E-state index is 12.3. The van der Waals surface area contributed by atoms with Crippen LogP contribution < -0.4 is 10.6 Å². The Balaban J connectivity index is 2.08. The van der Waals surface area contributed by atoms with Crippen LogP contribution in [0.25, 0.3) is 0 Å². The monoisotopic (exact) mass is 286 g/mol. The van der Waals surface area contributed by atoms with Gasteiger partial charge in [-0.3, -0.25) is 0 Å². The van der Waals surface area contributed by atoms with Crippen molar-refractivity contribution >= 4 is 5.69 Å². The maximum atomic E-state index is 12.3. The first-order valence-corrected chi connectivity index (χ1v) is 6.98. The first-order valence-electron chi connectivity index (χ1n) is 6.98. The molecule has 1 aliphatic rings. The highest BCUT2D eigenvalue weighted by Crippen LogP contribution is 2.36. The van der Waals surface area contributed by atoms with Crippen molar-refractivity contribution in [2.45, 2.75) is 44.3 Å². The van der Waals surface area contributed by atoms with Gasteiger partial charge in [0.2, 0.25) is 0 Å². The molecule has 0 saturated carbocycles. The summed E-state index contributed by atoms with van der Waals surface area (Å²) in [6.07, 6.45) is -3.31. The van der Waals surface area contributed by atoms with Crippen LogP contribution in [-0.4, -0.2) is 24.8 Å². The molecule has 2 nitrogen and oxygen atoms in total. The fraction of sp³-hybridized carbons (Fsp3) is 0.600. The molecular weight excluding hydrogens is 265 g/mol. The molecule has 1 aromatic carbocycles. The molecule has 0 radical (unpaired) electrons. The SMILES string of the molecule is CC(CN)(CCCC(F)(F)F)N1CCc2ccccc21. The second kappa shape index (κ2) is 5.64. The summed E-state index contributed by atoms with van der Waals surface area (Å²) in [5, 5.41) is 0. The molecule has 1 heterocycles. The lowest BCUT2D eigenvalue weighted by molar-refractivity contribution is -0.136. The van der Waals surface area contributed by atoms with Crippen LogP contribution >= 0.6 is 0 Å². The van der Waals surface area contributed by atoms with Gasteiger partial charge in [-0.25, -0.2) is 0 Å². The molecule has 2 rings (SSSR count). The number of halogens is 3. The number of nitrogens with zero attached hydrogens (tertiary/aromatic N) is 1. The Morgan fingerprint density at radius 2 is 1.90 bits per heavy atom. The van der Waals surface area contributed by atoms with Crippen molar-refractivity contribution in [2.24, 2.45) is 5.73 Å². The number of alkyl halides is 3. The minimum atomic E-state index is -4.08. The fourth-order valence-corrected chi connectivity index (χ4v) is 2.92. The zero-order chi connectivity index (χ0) is 14.8. The lowest BCUT2D eigenvalue weighted by Gasteiger charge is -2.40. The van der Waals surface area contributed by atoms with Crippen LogP contribution in [0.2, 0.25) is 0 Å². The Bertz CT molecular complexity index is 459. The van der Waals surface area contributed by atoms with Crippen LogP contribution in [0, 0.1) is 0 Å². The van der Waals surface area contributed by atoms with E-state index in [1.54, 1.807) is 0 Å². The van der Waals surface area contributed by atoms with Gasteiger partial charge in [-0.05, 0) is 37.8 Å². The minimum absolute atomic E-state index is 0.121. The highest BCUT2D eigenvalue weighted by molar-refractivity contribution is 5.59. The molecule has 0 fully saturated rings. The van der Waals surface area contributed by atoms with E-state index in [1.165, 1.54) is 5.56 Å². The largest absolute Gasteiger partial charge is 0.389 e. The molecule has 0 bridgehead atoms. The molecule has 0 spiro atoms.